The first-order valence-electron chi connectivity index (χ1n) is 10.1. The summed E-state index contributed by atoms with van der Waals surface area (Å²) in [5.41, 5.74) is 1.35. The van der Waals surface area contributed by atoms with Crippen LogP contribution in [-0.2, 0) is 16.1 Å². The van der Waals surface area contributed by atoms with Crippen molar-refractivity contribution in [3.8, 4) is 17.6 Å². The third-order valence-electron chi connectivity index (χ3n) is 4.92. The predicted molar refractivity (Wildman–Crippen MR) is 116 cm³/mol. The van der Waals surface area contributed by atoms with E-state index in [1.54, 1.807) is 30.3 Å². The maximum atomic E-state index is 12.3. The molecular weight excluding hydrogens is 414 g/mol. The average molecular weight is 437 g/mol. The largest absolute Gasteiger partial charge is 0.493 e. The van der Waals surface area contributed by atoms with Gasteiger partial charge in [-0.1, -0.05) is 6.07 Å². The number of hydrogen-bond donors (Lipinski definition) is 1. The van der Waals surface area contributed by atoms with Gasteiger partial charge in [0, 0.05) is 25.3 Å². The second kappa shape index (κ2) is 10.9. The lowest BCUT2D eigenvalue weighted by Crippen LogP contribution is -2.32. The van der Waals surface area contributed by atoms with E-state index in [0.717, 1.165) is 18.4 Å². The Bertz CT molecular complexity index is 1040. The van der Waals surface area contributed by atoms with Crippen LogP contribution >= 0.6 is 0 Å². The van der Waals surface area contributed by atoms with Gasteiger partial charge in [0.1, 0.15) is 18.2 Å². The van der Waals surface area contributed by atoms with E-state index in [-0.39, 0.29) is 24.0 Å². The first-order valence-corrected chi connectivity index (χ1v) is 10.1. The molecule has 0 aromatic heterocycles. The maximum Gasteiger partial charge on any atom is 0.269 e. The Labute approximate surface area is 185 Å². The van der Waals surface area contributed by atoms with Crippen LogP contribution in [0.5, 0.6) is 11.5 Å². The van der Waals surface area contributed by atoms with Crippen LogP contribution in [0.1, 0.15) is 24.0 Å². The number of nitriles is 1. The van der Waals surface area contributed by atoms with Gasteiger partial charge >= 0.3 is 0 Å². The SMILES string of the molecule is COc1cc(C=C(C#N)C(=O)NCC2CCCO2)ccc1OCc1ccc([N+](=O)[O-])cc1. The Kier molecular flexibility index (Phi) is 7.78. The van der Waals surface area contributed by atoms with Crippen molar-refractivity contribution >= 4 is 17.7 Å². The zero-order chi connectivity index (χ0) is 22.9. The van der Waals surface area contributed by atoms with Gasteiger partial charge in [0.25, 0.3) is 11.6 Å². The lowest BCUT2D eigenvalue weighted by Gasteiger charge is -2.12. The number of nitro groups is 1. The van der Waals surface area contributed by atoms with Crippen molar-refractivity contribution in [2.45, 2.75) is 25.6 Å². The monoisotopic (exact) mass is 437 g/mol. The fourth-order valence-corrected chi connectivity index (χ4v) is 3.19. The van der Waals surface area contributed by atoms with Crippen molar-refractivity contribution in [1.29, 1.82) is 5.26 Å². The fourth-order valence-electron chi connectivity index (χ4n) is 3.19. The molecule has 2 aromatic rings. The minimum absolute atomic E-state index is 0.00818. The molecule has 0 spiro atoms. The lowest BCUT2D eigenvalue weighted by atomic mass is 10.1. The molecule has 0 radical (unpaired) electrons. The minimum Gasteiger partial charge on any atom is -0.493 e. The highest BCUT2D eigenvalue weighted by Crippen LogP contribution is 2.30. The van der Waals surface area contributed by atoms with Gasteiger partial charge in [-0.15, -0.1) is 0 Å². The Morgan fingerprint density at radius 2 is 2.09 bits per heavy atom. The molecule has 1 aliphatic rings. The van der Waals surface area contributed by atoms with Crippen LogP contribution < -0.4 is 14.8 Å². The summed E-state index contributed by atoms with van der Waals surface area (Å²) in [6.45, 7) is 1.26. The number of benzene rings is 2. The average Bonchev–Trinajstić information content (AvgIpc) is 3.34. The summed E-state index contributed by atoms with van der Waals surface area (Å²) in [6, 6.07) is 13.0. The van der Waals surface area contributed by atoms with E-state index in [1.165, 1.54) is 25.3 Å². The van der Waals surface area contributed by atoms with Crippen LogP contribution in [-0.4, -0.2) is 37.2 Å². The number of carbonyl (C=O) groups excluding carboxylic acids is 1. The molecule has 0 aliphatic carbocycles. The molecule has 1 unspecified atom stereocenters. The van der Waals surface area contributed by atoms with E-state index < -0.39 is 10.8 Å². The molecule has 1 aliphatic heterocycles. The van der Waals surface area contributed by atoms with Crippen molar-refractivity contribution < 1.29 is 23.9 Å². The molecule has 1 fully saturated rings. The third kappa shape index (κ3) is 6.06. The van der Waals surface area contributed by atoms with Gasteiger partial charge in [-0.3, -0.25) is 14.9 Å². The van der Waals surface area contributed by atoms with Crippen LogP contribution in [0.4, 0.5) is 5.69 Å². The predicted octanol–water partition coefficient (Wildman–Crippen LogP) is 3.38. The topological polar surface area (TPSA) is 124 Å². The van der Waals surface area contributed by atoms with Crippen molar-refractivity contribution in [2.75, 3.05) is 20.3 Å². The molecule has 1 saturated heterocycles. The van der Waals surface area contributed by atoms with Crippen LogP contribution in [0.25, 0.3) is 6.08 Å². The molecule has 1 amide bonds. The highest BCUT2D eigenvalue weighted by molar-refractivity contribution is 6.01. The summed E-state index contributed by atoms with van der Waals surface area (Å²) in [5.74, 6) is 0.433. The number of amides is 1. The summed E-state index contributed by atoms with van der Waals surface area (Å²) >= 11 is 0. The molecule has 9 nitrogen and oxygen atoms in total. The smallest absolute Gasteiger partial charge is 0.269 e. The number of nitrogens with zero attached hydrogens (tertiary/aromatic N) is 2. The summed E-state index contributed by atoms with van der Waals surface area (Å²) < 4.78 is 16.6. The maximum absolute atomic E-state index is 12.3. The van der Waals surface area contributed by atoms with Gasteiger partial charge in [0.05, 0.1) is 18.1 Å². The van der Waals surface area contributed by atoms with Crippen LogP contribution in [0.2, 0.25) is 0 Å². The minimum atomic E-state index is -0.460. The van der Waals surface area contributed by atoms with E-state index in [4.69, 9.17) is 14.2 Å². The van der Waals surface area contributed by atoms with Crippen LogP contribution in [0.15, 0.2) is 48.0 Å². The summed E-state index contributed by atoms with van der Waals surface area (Å²) in [5, 5.41) is 22.9. The second-order valence-electron chi connectivity index (χ2n) is 7.14. The third-order valence-corrected chi connectivity index (χ3v) is 4.92. The molecule has 1 heterocycles. The molecule has 3 rings (SSSR count). The summed E-state index contributed by atoms with van der Waals surface area (Å²) in [4.78, 5) is 22.6. The molecule has 166 valence electrons. The van der Waals surface area contributed by atoms with Gasteiger partial charge < -0.3 is 19.5 Å². The first-order chi connectivity index (χ1) is 15.5. The number of hydrogen-bond acceptors (Lipinski definition) is 7. The van der Waals surface area contributed by atoms with Crippen LogP contribution in [0, 0.1) is 21.4 Å². The molecule has 1 atom stereocenters. The number of methoxy groups -OCH3 is 1. The number of nitrogens with one attached hydrogen (secondary N) is 1. The van der Waals surface area contributed by atoms with Gasteiger partial charge in [-0.2, -0.15) is 5.26 Å². The van der Waals surface area contributed by atoms with E-state index in [9.17, 15) is 20.2 Å². The van der Waals surface area contributed by atoms with E-state index >= 15 is 0 Å². The van der Waals surface area contributed by atoms with E-state index in [2.05, 4.69) is 5.32 Å². The van der Waals surface area contributed by atoms with Crippen molar-refractivity contribution in [3.05, 3.63) is 69.3 Å². The van der Waals surface area contributed by atoms with Gasteiger partial charge in [-0.05, 0) is 54.3 Å². The molecule has 32 heavy (non-hydrogen) atoms. The quantitative estimate of drug-likeness (QED) is 0.276. The van der Waals surface area contributed by atoms with Crippen molar-refractivity contribution in [3.63, 3.8) is 0 Å². The normalized spacial score (nSPS) is 15.6. The molecular formula is C23H23N3O6. The lowest BCUT2D eigenvalue weighted by molar-refractivity contribution is -0.384. The number of ether oxygens (including phenoxy) is 3. The van der Waals surface area contributed by atoms with E-state index in [0.29, 0.717) is 30.2 Å². The van der Waals surface area contributed by atoms with E-state index in [1.807, 2.05) is 6.07 Å². The summed E-state index contributed by atoms with van der Waals surface area (Å²) in [6.07, 6.45) is 3.34. The van der Waals surface area contributed by atoms with Crippen molar-refractivity contribution in [2.24, 2.45) is 0 Å². The highest BCUT2D eigenvalue weighted by Gasteiger charge is 2.18. The van der Waals surface area contributed by atoms with Gasteiger partial charge in [-0.25, -0.2) is 0 Å². The Morgan fingerprint density at radius 3 is 2.72 bits per heavy atom. The molecule has 1 N–H and O–H groups in total. The second-order valence-corrected chi connectivity index (χ2v) is 7.14. The zero-order valence-electron chi connectivity index (χ0n) is 17.6. The molecule has 0 saturated carbocycles. The molecule has 9 heteroatoms. The Morgan fingerprint density at radius 1 is 1.31 bits per heavy atom. The van der Waals surface area contributed by atoms with Gasteiger partial charge in [0.2, 0.25) is 0 Å². The highest BCUT2D eigenvalue weighted by atomic mass is 16.6. The Balaban J connectivity index is 1.65. The number of non-ortho nitro benzene ring substituents is 1. The number of carbonyl (C=O) groups is 1. The van der Waals surface area contributed by atoms with Crippen LogP contribution in [0.3, 0.4) is 0 Å². The van der Waals surface area contributed by atoms with Gasteiger partial charge in [0.15, 0.2) is 11.5 Å². The number of nitro benzene ring substituents is 1. The zero-order valence-corrected chi connectivity index (χ0v) is 17.6. The van der Waals surface area contributed by atoms with Crippen molar-refractivity contribution in [1.82, 2.24) is 5.32 Å². The summed E-state index contributed by atoms with van der Waals surface area (Å²) in [7, 11) is 1.49. The first kappa shape index (κ1) is 22.8. The fraction of sp³-hybridized carbons (Fsp3) is 0.304. The Hall–Kier alpha value is -3.90. The molecule has 2 aromatic carbocycles. The number of rotatable bonds is 9. The standard InChI is InChI=1S/C23H23N3O6/c1-30-22-12-17(11-18(13-24)23(27)25-14-20-3-2-10-31-20)6-9-21(22)32-15-16-4-7-19(8-5-16)26(28)29/h4-9,11-12,20H,2-3,10,14-15H2,1H3,(H,25,27). The molecule has 0 bridgehead atoms.